The fourth-order valence-corrected chi connectivity index (χ4v) is 4.22. The molecule has 0 bridgehead atoms. The number of hydrogen-bond donors (Lipinski definition) is 1. The second-order valence-corrected chi connectivity index (χ2v) is 8.36. The predicted molar refractivity (Wildman–Crippen MR) is 125 cm³/mol. The van der Waals surface area contributed by atoms with E-state index in [0.29, 0.717) is 18.9 Å². The Labute approximate surface area is 188 Å². The SMILES string of the molecule is Cc1nc2c(c(=O)n1CC(=O)NCCCc1ccccc1)CN(Cc1ccccc1)CC2. The highest BCUT2D eigenvalue weighted by Gasteiger charge is 2.23. The van der Waals surface area contributed by atoms with Crippen LogP contribution in [0.5, 0.6) is 0 Å². The van der Waals surface area contributed by atoms with Crippen LogP contribution >= 0.6 is 0 Å². The molecular formula is C26H30N4O2. The van der Waals surface area contributed by atoms with E-state index in [9.17, 15) is 9.59 Å². The van der Waals surface area contributed by atoms with Crippen molar-refractivity contribution in [3.8, 4) is 0 Å². The lowest BCUT2D eigenvalue weighted by atomic mass is 10.1. The summed E-state index contributed by atoms with van der Waals surface area (Å²) in [5.74, 6) is 0.451. The molecule has 166 valence electrons. The van der Waals surface area contributed by atoms with Crippen molar-refractivity contribution in [2.45, 2.75) is 45.8 Å². The van der Waals surface area contributed by atoms with E-state index in [2.05, 4.69) is 39.5 Å². The first-order chi connectivity index (χ1) is 15.6. The van der Waals surface area contributed by atoms with Gasteiger partial charge in [0.2, 0.25) is 5.91 Å². The molecule has 0 atom stereocenters. The molecule has 0 aliphatic carbocycles. The molecule has 1 N–H and O–H groups in total. The Morgan fingerprint density at radius 3 is 2.44 bits per heavy atom. The molecule has 0 spiro atoms. The number of rotatable bonds is 8. The van der Waals surface area contributed by atoms with Gasteiger partial charge in [0.05, 0.1) is 11.3 Å². The van der Waals surface area contributed by atoms with Crippen molar-refractivity contribution in [3.05, 3.63) is 99.2 Å². The molecular weight excluding hydrogens is 400 g/mol. The summed E-state index contributed by atoms with van der Waals surface area (Å²) in [6, 6.07) is 20.5. The Morgan fingerprint density at radius 1 is 1.03 bits per heavy atom. The largest absolute Gasteiger partial charge is 0.355 e. The molecule has 1 aromatic heterocycles. The van der Waals surface area contributed by atoms with Crippen molar-refractivity contribution in [1.29, 1.82) is 0 Å². The van der Waals surface area contributed by atoms with E-state index >= 15 is 0 Å². The van der Waals surface area contributed by atoms with E-state index in [0.717, 1.165) is 43.6 Å². The quantitative estimate of drug-likeness (QED) is 0.558. The van der Waals surface area contributed by atoms with Gasteiger partial charge in [0, 0.05) is 32.6 Å². The first-order valence-corrected chi connectivity index (χ1v) is 11.3. The molecule has 1 aliphatic heterocycles. The van der Waals surface area contributed by atoms with Crippen molar-refractivity contribution in [1.82, 2.24) is 19.8 Å². The van der Waals surface area contributed by atoms with Crippen LogP contribution in [0.15, 0.2) is 65.5 Å². The number of aryl methyl sites for hydroxylation is 2. The van der Waals surface area contributed by atoms with Gasteiger partial charge in [-0.1, -0.05) is 60.7 Å². The van der Waals surface area contributed by atoms with Gasteiger partial charge in [0.25, 0.3) is 5.56 Å². The summed E-state index contributed by atoms with van der Waals surface area (Å²) in [5.41, 5.74) is 3.98. The minimum atomic E-state index is -0.151. The molecule has 6 heteroatoms. The number of carbonyl (C=O) groups is 1. The van der Waals surface area contributed by atoms with Gasteiger partial charge >= 0.3 is 0 Å². The van der Waals surface area contributed by atoms with Crippen LogP contribution < -0.4 is 10.9 Å². The van der Waals surface area contributed by atoms with Crippen molar-refractivity contribution in [3.63, 3.8) is 0 Å². The van der Waals surface area contributed by atoms with Gasteiger partial charge < -0.3 is 5.32 Å². The molecule has 0 fully saturated rings. The molecule has 6 nitrogen and oxygen atoms in total. The Bertz CT molecular complexity index is 1110. The highest BCUT2D eigenvalue weighted by atomic mass is 16.2. The first kappa shape index (κ1) is 22.0. The fourth-order valence-electron chi connectivity index (χ4n) is 4.22. The topological polar surface area (TPSA) is 67.2 Å². The van der Waals surface area contributed by atoms with Gasteiger partial charge in [-0.3, -0.25) is 19.1 Å². The fraction of sp³-hybridized carbons (Fsp3) is 0.346. The van der Waals surface area contributed by atoms with Crippen molar-refractivity contribution >= 4 is 5.91 Å². The minimum absolute atomic E-state index is 0.00890. The maximum atomic E-state index is 13.2. The maximum absolute atomic E-state index is 13.2. The Hall–Kier alpha value is -3.25. The number of amides is 1. The zero-order chi connectivity index (χ0) is 22.3. The molecule has 32 heavy (non-hydrogen) atoms. The molecule has 4 rings (SSSR count). The van der Waals surface area contributed by atoms with Crippen LogP contribution in [-0.4, -0.2) is 33.4 Å². The maximum Gasteiger partial charge on any atom is 0.258 e. The third kappa shape index (κ3) is 5.51. The second kappa shape index (κ2) is 10.4. The number of hydrogen-bond acceptors (Lipinski definition) is 4. The van der Waals surface area contributed by atoms with E-state index in [1.54, 1.807) is 6.92 Å². The monoisotopic (exact) mass is 430 g/mol. The summed E-state index contributed by atoms with van der Waals surface area (Å²) in [6.45, 7) is 4.64. The first-order valence-electron chi connectivity index (χ1n) is 11.3. The van der Waals surface area contributed by atoms with E-state index in [-0.39, 0.29) is 18.0 Å². The molecule has 2 aromatic carbocycles. The van der Waals surface area contributed by atoms with E-state index in [4.69, 9.17) is 0 Å². The second-order valence-electron chi connectivity index (χ2n) is 8.36. The molecule has 1 aliphatic rings. The van der Waals surface area contributed by atoms with Crippen molar-refractivity contribution < 1.29 is 4.79 Å². The van der Waals surface area contributed by atoms with Gasteiger partial charge in [0.1, 0.15) is 12.4 Å². The van der Waals surface area contributed by atoms with Gasteiger partial charge in [-0.15, -0.1) is 0 Å². The number of aromatic nitrogens is 2. The minimum Gasteiger partial charge on any atom is -0.355 e. The number of nitrogens with zero attached hydrogens (tertiary/aromatic N) is 3. The zero-order valence-corrected chi connectivity index (χ0v) is 18.6. The third-order valence-electron chi connectivity index (χ3n) is 5.94. The molecule has 0 unspecified atom stereocenters. The lowest BCUT2D eigenvalue weighted by Gasteiger charge is -2.28. The van der Waals surface area contributed by atoms with Crippen LogP contribution in [0.25, 0.3) is 0 Å². The summed E-state index contributed by atoms with van der Waals surface area (Å²) in [6.07, 6.45) is 2.53. The summed E-state index contributed by atoms with van der Waals surface area (Å²) in [4.78, 5) is 32.6. The van der Waals surface area contributed by atoms with Gasteiger partial charge in [0.15, 0.2) is 0 Å². The molecule has 0 radical (unpaired) electrons. The van der Waals surface area contributed by atoms with Crippen LogP contribution in [-0.2, 0) is 37.3 Å². The highest BCUT2D eigenvalue weighted by molar-refractivity contribution is 5.75. The lowest BCUT2D eigenvalue weighted by Crippen LogP contribution is -2.40. The number of fused-ring (bicyclic) bond motifs is 1. The van der Waals surface area contributed by atoms with E-state index in [1.165, 1.54) is 15.7 Å². The van der Waals surface area contributed by atoms with Crippen LogP contribution in [0.1, 0.15) is 34.6 Å². The molecule has 3 aromatic rings. The van der Waals surface area contributed by atoms with E-state index < -0.39 is 0 Å². The zero-order valence-electron chi connectivity index (χ0n) is 18.6. The summed E-state index contributed by atoms with van der Waals surface area (Å²) in [7, 11) is 0. The third-order valence-corrected chi connectivity index (χ3v) is 5.94. The number of carbonyl (C=O) groups excluding carboxylic acids is 1. The highest BCUT2D eigenvalue weighted by Crippen LogP contribution is 2.17. The molecule has 2 heterocycles. The van der Waals surface area contributed by atoms with E-state index in [1.807, 2.05) is 36.4 Å². The van der Waals surface area contributed by atoms with Gasteiger partial charge in [-0.05, 0) is 30.9 Å². The van der Waals surface area contributed by atoms with Crippen LogP contribution in [0.4, 0.5) is 0 Å². The standard InChI is InChI=1S/C26H30N4O2/c1-20-28-24-14-16-29(17-22-11-6-3-7-12-22)18-23(24)26(32)30(20)19-25(31)27-15-8-13-21-9-4-2-5-10-21/h2-7,9-12H,8,13-19H2,1H3,(H,27,31). The van der Waals surface area contributed by atoms with Gasteiger partial charge in [-0.2, -0.15) is 0 Å². The van der Waals surface area contributed by atoms with Crippen molar-refractivity contribution in [2.24, 2.45) is 0 Å². The average Bonchev–Trinajstić information content (AvgIpc) is 2.81. The van der Waals surface area contributed by atoms with Crippen molar-refractivity contribution in [2.75, 3.05) is 13.1 Å². The summed E-state index contributed by atoms with van der Waals surface area (Å²) >= 11 is 0. The summed E-state index contributed by atoms with van der Waals surface area (Å²) in [5, 5.41) is 2.94. The number of nitrogens with one attached hydrogen (secondary N) is 1. The average molecular weight is 431 g/mol. The Morgan fingerprint density at radius 2 is 1.72 bits per heavy atom. The van der Waals surface area contributed by atoms with Crippen LogP contribution in [0, 0.1) is 6.92 Å². The number of benzene rings is 2. The molecule has 0 saturated carbocycles. The normalized spacial score (nSPS) is 13.5. The van der Waals surface area contributed by atoms with Crippen LogP contribution in [0.2, 0.25) is 0 Å². The van der Waals surface area contributed by atoms with Crippen LogP contribution in [0.3, 0.4) is 0 Å². The predicted octanol–water partition coefficient (Wildman–Crippen LogP) is 2.86. The lowest BCUT2D eigenvalue weighted by molar-refractivity contribution is -0.121. The molecule has 1 amide bonds. The summed E-state index contributed by atoms with van der Waals surface area (Å²) < 4.78 is 1.51. The van der Waals surface area contributed by atoms with Gasteiger partial charge in [-0.25, -0.2) is 4.98 Å². The Balaban J connectivity index is 1.36. The smallest absolute Gasteiger partial charge is 0.258 e. The Kier molecular flexibility index (Phi) is 7.12. The molecule has 0 saturated heterocycles.